The van der Waals surface area contributed by atoms with Crippen molar-refractivity contribution in [2.24, 2.45) is 0 Å². The van der Waals surface area contributed by atoms with Crippen molar-refractivity contribution in [1.29, 1.82) is 0 Å². The van der Waals surface area contributed by atoms with Gasteiger partial charge in [0.2, 0.25) is 0 Å². The molecule has 1 N–H and O–H groups in total. The van der Waals surface area contributed by atoms with E-state index in [2.05, 4.69) is 54.1 Å². The molecule has 68 valence electrons. The van der Waals surface area contributed by atoms with E-state index in [0.717, 1.165) is 6.61 Å². The summed E-state index contributed by atoms with van der Waals surface area (Å²) in [6, 6.07) is 10.6. The number of aliphatic hydroxyl groups is 2. The van der Waals surface area contributed by atoms with Crippen LogP contribution in [0.1, 0.15) is 18.4 Å². The molecule has 0 amide bonds. The van der Waals surface area contributed by atoms with E-state index in [9.17, 15) is 0 Å². The van der Waals surface area contributed by atoms with E-state index in [0.29, 0.717) is 12.0 Å². The van der Waals surface area contributed by atoms with Gasteiger partial charge in [0.15, 0.2) is 12.7 Å². The zero-order valence-electron chi connectivity index (χ0n) is 7.85. The van der Waals surface area contributed by atoms with E-state index in [1.54, 1.807) is 0 Å². The molecule has 0 unspecified atom stereocenters. The van der Waals surface area contributed by atoms with Gasteiger partial charge in [0.25, 0.3) is 0 Å². The molecule has 2 atom stereocenters. The number of rotatable bonds is 1. The molecule has 1 heteroatoms. The van der Waals surface area contributed by atoms with Gasteiger partial charge in [-0.05, 0) is 11.6 Å². The van der Waals surface area contributed by atoms with Gasteiger partial charge in [0.1, 0.15) is 0 Å². The van der Waals surface area contributed by atoms with Gasteiger partial charge < -0.3 is 4.74 Å². The van der Waals surface area contributed by atoms with Crippen LogP contribution < -0.4 is 0 Å². The minimum atomic E-state index is 0.424. The van der Waals surface area contributed by atoms with Crippen molar-refractivity contribution in [2.75, 3.05) is 6.61 Å². The molecule has 0 aromatic heterocycles. The third kappa shape index (κ3) is 1.81. The summed E-state index contributed by atoms with van der Waals surface area (Å²) in [5, 5.41) is 0. The van der Waals surface area contributed by atoms with E-state index in [1.807, 2.05) is 0 Å². The van der Waals surface area contributed by atoms with E-state index in [1.165, 1.54) is 5.56 Å². The summed E-state index contributed by atoms with van der Waals surface area (Å²) in [5.41, 5.74) is 1.37. The Bertz CT molecular complexity index is 289. The largest absolute Gasteiger partial charge is 0.428 e. The minimum absolute atomic E-state index is 0.424. The van der Waals surface area contributed by atoms with Gasteiger partial charge in [0.05, 0.1) is 5.92 Å². The van der Waals surface area contributed by atoms with Gasteiger partial charge in [-0.2, -0.15) is 0 Å². The second kappa shape index (κ2) is 3.75. The average Bonchev–Trinajstić information content (AvgIpc) is 2.20. The molecule has 13 heavy (non-hydrogen) atoms. The predicted molar refractivity (Wildman–Crippen MR) is 54.9 cm³/mol. The Morgan fingerprint density at radius 3 is 2.69 bits per heavy atom. The smallest absolute Gasteiger partial charge is 0.164 e. The van der Waals surface area contributed by atoms with Crippen LogP contribution in [0.25, 0.3) is 0 Å². The summed E-state index contributed by atoms with van der Waals surface area (Å²) in [4.78, 5) is 0. The van der Waals surface area contributed by atoms with E-state index in [4.69, 9.17) is 0 Å². The first-order valence-corrected chi connectivity index (χ1v) is 4.76. The number of hydrogen-bond acceptors (Lipinski definition) is 0. The summed E-state index contributed by atoms with van der Waals surface area (Å²) in [7, 11) is 0. The maximum absolute atomic E-state index is 4.50. The van der Waals surface area contributed by atoms with Crippen LogP contribution >= 0.6 is 0 Å². The lowest BCUT2D eigenvalue weighted by Gasteiger charge is -2.21. The molecule has 1 aliphatic rings. The van der Waals surface area contributed by atoms with E-state index < -0.39 is 0 Å². The second-order valence-corrected chi connectivity index (χ2v) is 3.47. The molecule has 2 rings (SSSR count). The van der Waals surface area contributed by atoms with Crippen LogP contribution in [-0.2, 0) is 0 Å². The normalized spacial score (nSPS) is 27.5. The maximum Gasteiger partial charge on any atom is 0.164 e. The van der Waals surface area contributed by atoms with Crippen LogP contribution in [0.2, 0.25) is 0 Å². The van der Waals surface area contributed by atoms with Crippen LogP contribution in [0.5, 0.6) is 0 Å². The van der Waals surface area contributed by atoms with Crippen molar-refractivity contribution in [1.82, 2.24) is 0 Å². The lowest BCUT2D eigenvalue weighted by Crippen LogP contribution is -2.24. The topological polar surface area (TPSA) is 12.8 Å². The quantitative estimate of drug-likeness (QED) is 0.458. The summed E-state index contributed by atoms with van der Waals surface area (Å²) in [6.07, 6.45) is 4.84. The molecule has 0 saturated carbocycles. The Kier molecular flexibility index (Phi) is 2.46. The lowest BCUT2D eigenvalue weighted by atomic mass is 9.92. The fourth-order valence-electron chi connectivity index (χ4n) is 1.77. The Balaban J connectivity index is 2.25. The molecule has 0 fully saturated rings. The SMILES string of the molecule is C[C@@H]1[OH+]CC=C[C@H]1c1ccccc1. The molecular formula is C12H15O+. The summed E-state index contributed by atoms with van der Waals surface area (Å²) >= 11 is 0. The molecular weight excluding hydrogens is 160 g/mol. The molecule has 0 radical (unpaired) electrons. The first kappa shape index (κ1) is 8.52. The Morgan fingerprint density at radius 2 is 2.00 bits per heavy atom. The Morgan fingerprint density at radius 1 is 1.23 bits per heavy atom. The molecule has 0 bridgehead atoms. The minimum Gasteiger partial charge on any atom is -0.428 e. The number of benzene rings is 1. The highest BCUT2D eigenvalue weighted by Crippen LogP contribution is 2.24. The predicted octanol–water partition coefficient (Wildman–Crippen LogP) is 2.26. The standard InChI is InChI=1S/C12H14O/c1-10-12(8-5-9-13-10)11-6-3-2-4-7-11/h2-8,10,12H,9H2,1H3/p+1/t10-,12+/m0/s1. The monoisotopic (exact) mass is 175 g/mol. The fraction of sp³-hybridized carbons (Fsp3) is 0.333. The zero-order valence-corrected chi connectivity index (χ0v) is 7.85. The molecule has 0 spiro atoms. The van der Waals surface area contributed by atoms with E-state index in [-0.39, 0.29) is 0 Å². The van der Waals surface area contributed by atoms with Gasteiger partial charge in [-0.3, -0.25) is 0 Å². The average molecular weight is 175 g/mol. The van der Waals surface area contributed by atoms with Crippen LogP contribution in [0.3, 0.4) is 0 Å². The van der Waals surface area contributed by atoms with Gasteiger partial charge in [-0.1, -0.05) is 36.4 Å². The van der Waals surface area contributed by atoms with Crippen molar-refractivity contribution in [2.45, 2.75) is 18.9 Å². The van der Waals surface area contributed by atoms with Crippen molar-refractivity contribution >= 4 is 0 Å². The van der Waals surface area contributed by atoms with E-state index >= 15 is 0 Å². The molecule has 0 aliphatic carbocycles. The van der Waals surface area contributed by atoms with Gasteiger partial charge in [-0.15, -0.1) is 0 Å². The van der Waals surface area contributed by atoms with Crippen LogP contribution in [0.4, 0.5) is 0 Å². The molecule has 1 nitrogen and oxygen atoms in total. The fourth-order valence-corrected chi connectivity index (χ4v) is 1.77. The Labute approximate surface area is 79.0 Å². The summed E-state index contributed by atoms with van der Waals surface area (Å²) in [5.74, 6) is 0.481. The van der Waals surface area contributed by atoms with Crippen LogP contribution in [0.15, 0.2) is 42.5 Å². The van der Waals surface area contributed by atoms with Crippen molar-refractivity contribution in [3.05, 3.63) is 48.0 Å². The van der Waals surface area contributed by atoms with Crippen molar-refractivity contribution < 1.29 is 4.74 Å². The summed E-state index contributed by atoms with van der Waals surface area (Å²) in [6.45, 7) is 3.06. The van der Waals surface area contributed by atoms with Crippen molar-refractivity contribution in [3.63, 3.8) is 0 Å². The molecule has 0 saturated heterocycles. The molecule has 1 aromatic carbocycles. The maximum atomic E-state index is 4.50. The number of ether oxygens (including phenoxy) is 1. The van der Waals surface area contributed by atoms with Gasteiger partial charge >= 0.3 is 0 Å². The third-order valence-electron chi connectivity index (χ3n) is 2.55. The molecule has 1 aliphatic heterocycles. The van der Waals surface area contributed by atoms with Crippen LogP contribution in [-0.4, -0.2) is 17.4 Å². The first-order chi connectivity index (χ1) is 6.38. The van der Waals surface area contributed by atoms with Gasteiger partial charge in [-0.25, -0.2) is 0 Å². The zero-order chi connectivity index (χ0) is 9.10. The van der Waals surface area contributed by atoms with Crippen LogP contribution in [0, 0.1) is 0 Å². The lowest BCUT2D eigenvalue weighted by molar-refractivity contribution is -0.0900. The first-order valence-electron chi connectivity index (χ1n) is 4.76. The highest BCUT2D eigenvalue weighted by molar-refractivity contribution is 5.25. The number of hydrogen-bond donors (Lipinski definition) is 0. The third-order valence-corrected chi connectivity index (χ3v) is 2.55. The second-order valence-electron chi connectivity index (χ2n) is 3.47. The van der Waals surface area contributed by atoms with Crippen molar-refractivity contribution in [3.8, 4) is 0 Å². The molecule has 1 heterocycles. The highest BCUT2D eigenvalue weighted by Gasteiger charge is 2.23. The van der Waals surface area contributed by atoms with Gasteiger partial charge in [0, 0.05) is 6.92 Å². The Hall–Kier alpha value is -1.08. The molecule has 1 aromatic rings. The highest BCUT2D eigenvalue weighted by atomic mass is 16.5. The summed E-state index contributed by atoms with van der Waals surface area (Å²) < 4.78 is 4.50.